The molecule has 1 aromatic heterocycles. The van der Waals surface area contributed by atoms with Crippen LogP contribution in [0.5, 0.6) is 0 Å². The number of esters is 1. The summed E-state index contributed by atoms with van der Waals surface area (Å²) < 4.78 is 4.66. The van der Waals surface area contributed by atoms with Crippen LogP contribution in [0, 0.1) is 0 Å². The summed E-state index contributed by atoms with van der Waals surface area (Å²) in [6, 6.07) is 0.402. The minimum atomic E-state index is -0.572. The Kier molecular flexibility index (Phi) is 5.30. The Labute approximate surface area is 128 Å². The van der Waals surface area contributed by atoms with E-state index in [0.717, 1.165) is 19.6 Å². The number of methoxy groups -OCH3 is 1. The minimum Gasteiger partial charge on any atom is -0.464 e. The standard InChI is InChI=1S/C14H21N3O3S/c1-9(17-6-4-5-7-17)8-15-14-16-11(13(19)20-3)12(21-14)10(2)18/h9H,4-8H2,1-3H3,(H,15,16). The highest BCUT2D eigenvalue weighted by Crippen LogP contribution is 2.24. The molecule has 116 valence electrons. The number of Topliss-reactive ketones (excluding diaryl/α,β-unsaturated/α-hetero) is 1. The first kappa shape index (κ1) is 15.9. The third kappa shape index (κ3) is 3.79. The number of likely N-dealkylation sites (tertiary alicyclic amines) is 1. The summed E-state index contributed by atoms with van der Waals surface area (Å²) in [7, 11) is 1.29. The number of hydrogen-bond acceptors (Lipinski definition) is 7. The van der Waals surface area contributed by atoms with Gasteiger partial charge in [-0.1, -0.05) is 11.3 Å². The molecule has 1 unspecified atom stereocenters. The summed E-state index contributed by atoms with van der Waals surface area (Å²) in [5, 5.41) is 3.81. The normalized spacial score (nSPS) is 16.7. The molecule has 0 aromatic carbocycles. The Balaban J connectivity index is 2.03. The van der Waals surface area contributed by atoms with Crippen molar-refractivity contribution in [3.05, 3.63) is 10.6 Å². The Morgan fingerprint density at radius 2 is 2.10 bits per heavy atom. The van der Waals surface area contributed by atoms with Gasteiger partial charge in [-0.2, -0.15) is 0 Å². The number of rotatable bonds is 6. The van der Waals surface area contributed by atoms with Crippen molar-refractivity contribution in [2.24, 2.45) is 0 Å². The maximum atomic E-state index is 11.6. The molecule has 0 aliphatic carbocycles. The van der Waals surface area contributed by atoms with Crippen LogP contribution in [0.25, 0.3) is 0 Å². The highest BCUT2D eigenvalue weighted by molar-refractivity contribution is 7.17. The topological polar surface area (TPSA) is 71.5 Å². The SMILES string of the molecule is COC(=O)c1nc(NCC(C)N2CCCC2)sc1C(C)=O. The molecule has 2 heterocycles. The highest BCUT2D eigenvalue weighted by Gasteiger charge is 2.23. The van der Waals surface area contributed by atoms with Crippen LogP contribution < -0.4 is 5.32 Å². The summed E-state index contributed by atoms with van der Waals surface area (Å²) in [6.45, 7) is 6.60. The van der Waals surface area contributed by atoms with Crippen LogP contribution >= 0.6 is 11.3 Å². The number of ketones is 1. The molecule has 21 heavy (non-hydrogen) atoms. The van der Waals surface area contributed by atoms with Crippen molar-refractivity contribution in [3.8, 4) is 0 Å². The molecule has 0 saturated carbocycles. The predicted octanol–water partition coefficient (Wildman–Crippen LogP) is 2.03. The molecule has 6 nitrogen and oxygen atoms in total. The van der Waals surface area contributed by atoms with Gasteiger partial charge in [0.25, 0.3) is 0 Å². The lowest BCUT2D eigenvalue weighted by atomic mass is 10.3. The fraction of sp³-hybridized carbons (Fsp3) is 0.643. The van der Waals surface area contributed by atoms with E-state index in [2.05, 4.69) is 26.9 Å². The van der Waals surface area contributed by atoms with Gasteiger partial charge >= 0.3 is 5.97 Å². The van der Waals surface area contributed by atoms with E-state index in [9.17, 15) is 9.59 Å². The molecule has 1 N–H and O–H groups in total. The lowest BCUT2D eigenvalue weighted by Crippen LogP contribution is -2.35. The number of nitrogens with one attached hydrogen (secondary N) is 1. The molecule has 1 aliphatic rings. The monoisotopic (exact) mass is 311 g/mol. The third-order valence-electron chi connectivity index (χ3n) is 3.64. The Hall–Kier alpha value is -1.47. The molecule has 1 aromatic rings. The fourth-order valence-corrected chi connectivity index (χ4v) is 3.27. The van der Waals surface area contributed by atoms with E-state index >= 15 is 0 Å². The number of ether oxygens (including phenoxy) is 1. The van der Waals surface area contributed by atoms with E-state index in [4.69, 9.17) is 0 Å². The van der Waals surface area contributed by atoms with Crippen LogP contribution in [0.2, 0.25) is 0 Å². The first-order valence-electron chi connectivity index (χ1n) is 7.11. The number of hydrogen-bond donors (Lipinski definition) is 1. The summed E-state index contributed by atoms with van der Waals surface area (Å²) >= 11 is 1.20. The van der Waals surface area contributed by atoms with Crippen molar-refractivity contribution in [2.45, 2.75) is 32.7 Å². The van der Waals surface area contributed by atoms with E-state index in [1.54, 1.807) is 0 Å². The molecule has 0 amide bonds. The zero-order chi connectivity index (χ0) is 15.4. The zero-order valence-electron chi connectivity index (χ0n) is 12.6. The molecule has 0 radical (unpaired) electrons. The van der Waals surface area contributed by atoms with E-state index < -0.39 is 5.97 Å². The van der Waals surface area contributed by atoms with Crippen LogP contribution in [0.1, 0.15) is 46.8 Å². The molecule has 2 rings (SSSR count). The van der Waals surface area contributed by atoms with Crippen molar-refractivity contribution in [1.82, 2.24) is 9.88 Å². The second-order valence-corrected chi connectivity index (χ2v) is 6.22. The van der Waals surface area contributed by atoms with Gasteiger partial charge in [-0.3, -0.25) is 9.69 Å². The predicted molar refractivity (Wildman–Crippen MR) is 82.2 cm³/mol. The quantitative estimate of drug-likeness (QED) is 0.640. The molecular weight excluding hydrogens is 290 g/mol. The van der Waals surface area contributed by atoms with Crippen LogP contribution in [-0.2, 0) is 4.74 Å². The van der Waals surface area contributed by atoms with E-state index in [-0.39, 0.29) is 11.5 Å². The summed E-state index contributed by atoms with van der Waals surface area (Å²) in [6.07, 6.45) is 2.51. The average molecular weight is 311 g/mol. The Morgan fingerprint density at radius 3 is 2.67 bits per heavy atom. The van der Waals surface area contributed by atoms with Crippen LogP contribution in [0.4, 0.5) is 5.13 Å². The van der Waals surface area contributed by atoms with Gasteiger partial charge in [-0.25, -0.2) is 9.78 Å². The molecular formula is C14H21N3O3S. The highest BCUT2D eigenvalue weighted by atomic mass is 32.1. The summed E-state index contributed by atoms with van der Waals surface area (Å²) in [4.78, 5) is 30.2. The summed E-state index contributed by atoms with van der Waals surface area (Å²) in [5.74, 6) is -0.745. The van der Waals surface area contributed by atoms with Gasteiger partial charge < -0.3 is 10.1 Å². The molecule has 1 saturated heterocycles. The van der Waals surface area contributed by atoms with Gasteiger partial charge in [0, 0.05) is 19.5 Å². The molecule has 0 spiro atoms. The van der Waals surface area contributed by atoms with Gasteiger partial charge in [0.1, 0.15) is 4.88 Å². The van der Waals surface area contributed by atoms with Crippen molar-refractivity contribution >= 4 is 28.2 Å². The smallest absolute Gasteiger partial charge is 0.358 e. The number of aromatic nitrogens is 1. The molecule has 7 heteroatoms. The second-order valence-electron chi connectivity index (χ2n) is 5.22. The zero-order valence-corrected chi connectivity index (χ0v) is 13.5. The van der Waals surface area contributed by atoms with Gasteiger partial charge in [-0.15, -0.1) is 0 Å². The number of carbonyl (C=O) groups excluding carboxylic acids is 2. The van der Waals surface area contributed by atoms with Crippen molar-refractivity contribution in [3.63, 3.8) is 0 Å². The molecule has 1 atom stereocenters. The fourth-order valence-electron chi connectivity index (χ4n) is 2.42. The van der Waals surface area contributed by atoms with Gasteiger partial charge in [0.2, 0.25) is 0 Å². The van der Waals surface area contributed by atoms with Crippen LogP contribution in [0.3, 0.4) is 0 Å². The largest absolute Gasteiger partial charge is 0.464 e. The van der Waals surface area contributed by atoms with Gasteiger partial charge in [-0.05, 0) is 32.9 Å². The lowest BCUT2D eigenvalue weighted by molar-refractivity contribution is 0.0591. The second kappa shape index (κ2) is 7.00. The maximum absolute atomic E-state index is 11.6. The van der Waals surface area contributed by atoms with E-state index in [1.807, 2.05) is 0 Å². The van der Waals surface area contributed by atoms with E-state index in [1.165, 1.54) is 38.2 Å². The van der Waals surface area contributed by atoms with Crippen molar-refractivity contribution < 1.29 is 14.3 Å². The summed E-state index contributed by atoms with van der Waals surface area (Å²) in [5.41, 5.74) is 0.103. The number of carbonyl (C=O) groups is 2. The Bertz CT molecular complexity index is 524. The molecule has 1 aliphatic heterocycles. The van der Waals surface area contributed by atoms with E-state index in [0.29, 0.717) is 16.1 Å². The maximum Gasteiger partial charge on any atom is 0.358 e. The average Bonchev–Trinajstić information content (AvgIpc) is 3.13. The van der Waals surface area contributed by atoms with Crippen molar-refractivity contribution in [1.29, 1.82) is 0 Å². The molecule has 1 fully saturated rings. The Morgan fingerprint density at radius 1 is 1.43 bits per heavy atom. The lowest BCUT2D eigenvalue weighted by Gasteiger charge is -2.23. The van der Waals surface area contributed by atoms with Crippen LogP contribution in [0.15, 0.2) is 0 Å². The number of thiazole rings is 1. The number of nitrogens with zero attached hydrogens (tertiary/aromatic N) is 2. The number of anilines is 1. The first-order valence-corrected chi connectivity index (χ1v) is 7.92. The van der Waals surface area contributed by atoms with Gasteiger partial charge in [0.15, 0.2) is 16.6 Å². The first-order chi connectivity index (χ1) is 10.0. The minimum absolute atomic E-state index is 0.103. The van der Waals surface area contributed by atoms with Gasteiger partial charge in [0.05, 0.1) is 7.11 Å². The van der Waals surface area contributed by atoms with Crippen molar-refractivity contribution in [2.75, 3.05) is 32.1 Å². The molecule has 0 bridgehead atoms. The third-order valence-corrected chi connectivity index (χ3v) is 4.75. The van der Waals surface area contributed by atoms with Crippen LogP contribution in [-0.4, -0.2) is 54.4 Å².